The van der Waals surface area contributed by atoms with Gasteiger partial charge in [0.2, 0.25) is 0 Å². The largest absolute Gasteiger partial charge is 0.491 e. The number of rotatable bonds is 6. The topological polar surface area (TPSA) is 84.6 Å². The predicted molar refractivity (Wildman–Crippen MR) is 80.7 cm³/mol. The average molecular weight is 304 g/mol. The van der Waals surface area contributed by atoms with E-state index in [4.69, 9.17) is 9.26 Å². The van der Waals surface area contributed by atoms with E-state index in [0.717, 1.165) is 0 Å². The van der Waals surface area contributed by atoms with Crippen LogP contribution in [0.2, 0.25) is 0 Å². The SMILES string of the molecule is Cc1cc(C(=O)NCC(O)c2cccc(OC(C)C)c2)no1. The second kappa shape index (κ2) is 7.09. The van der Waals surface area contributed by atoms with Crippen LogP contribution < -0.4 is 10.1 Å². The van der Waals surface area contributed by atoms with Gasteiger partial charge in [-0.2, -0.15) is 0 Å². The highest BCUT2D eigenvalue weighted by molar-refractivity contribution is 5.92. The minimum absolute atomic E-state index is 0.0579. The number of amides is 1. The smallest absolute Gasteiger partial charge is 0.273 e. The molecule has 1 aromatic heterocycles. The van der Waals surface area contributed by atoms with Gasteiger partial charge in [0.25, 0.3) is 5.91 Å². The lowest BCUT2D eigenvalue weighted by atomic mass is 10.1. The molecule has 1 unspecified atom stereocenters. The van der Waals surface area contributed by atoms with Crippen LogP contribution in [0.3, 0.4) is 0 Å². The lowest BCUT2D eigenvalue weighted by Crippen LogP contribution is -2.28. The van der Waals surface area contributed by atoms with Crippen molar-refractivity contribution in [1.82, 2.24) is 10.5 Å². The van der Waals surface area contributed by atoms with Crippen molar-refractivity contribution in [2.75, 3.05) is 6.54 Å². The van der Waals surface area contributed by atoms with Gasteiger partial charge >= 0.3 is 0 Å². The molecule has 2 rings (SSSR count). The Bertz CT molecular complexity index is 637. The van der Waals surface area contributed by atoms with Gasteiger partial charge in [0, 0.05) is 12.6 Å². The zero-order valence-corrected chi connectivity index (χ0v) is 12.9. The van der Waals surface area contributed by atoms with Crippen molar-refractivity contribution in [3.05, 3.63) is 47.3 Å². The fraction of sp³-hybridized carbons (Fsp3) is 0.375. The van der Waals surface area contributed by atoms with Gasteiger partial charge in [-0.25, -0.2) is 0 Å². The number of hydrogen-bond acceptors (Lipinski definition) is 5. The van der Waals surface area contributed by atoms with E-state index in [1.54, 1.807) is 31.2 Å². The number of aliphatic hydroxyl groups excluding tert-OH is 1. The highest BCUT2D eigenvalue weighted by atomic mass is 16.5. The summed E-state index contributed by atoms with van der Waals surface area (Å²) in [6.45, 7) is 5.65. The van der Waals surface area contributed by atoms with Crippen molar-refractivity contribution < 1.29 is 19.2 Å². The molecule has 2 aromatic rings. The molecule has 2 N–H and O–H groups in total. The van der Waals surface area contributed by atoms with Crippen LogP contribution in [0.15, 0.2) is 34.9 Å². The molecule has 6 heteroatoms. The lowest BCUT2D eigenvalue weighted by molar-refractivity contribution is 0.0907. The maximum Gasteiger partial charge on any atom is 0.273 e. The molecule has 1 atom stereocenters. The van der Waals surface area contributed by atoms with Crippen LogP contribution in [-0.4, -0.2) is 28.8 Å². The van der Waals surface area contributed by atoms with Gasteiger partial charge in [-0.1, -0.05) is 17.3 Å². The van der Waals surface area contributed by atoms with Crippen molar-refractivity contribution in [1.29, 1.82) is 0 Å². The molecule has 22 heavy (non-hydrogen) atoms. The third-order valence-corrected chi connectivity index (χ3v) is 2.93. The second-order valence-corrected chi connectivity index (χ2v) is 5.29. The number of hydrogen-bond donors (Lipinski definition) is 2. The molecule has 0 spiro atoms. The number of aliphatic hydroxyl groups is 1. The van der Waals surface area contributed by atoms with Crippen molar-refractivity contribution in [3.63, 3.8) is 0 Å². The Hall–Kier alpha value is -2.34. The van der Waals surface area contributed by atoms with E-state index in [1.807, 2.05) is 19.9 Å². The van der Waals surface area contributed by atoms with Gasteiger partial charge in [-0.15, -0.1) is 0 Å². The summed E-state index contributed by atoms with van der Waals surface area (Å²) in [7, 11) is 0. The predicted octanol–water partition coefficient (Wildman–Crippen LogP) is 2.23. The van der Waals surface area contributed by atoms with Gasteiger partial charge in [0.05, 0.1) is 12.2 Å². The molecule has 6 nitrogen and oxygen atoms in total. The Kier molecular flexibility index (Phi) is 5.16. The van der Waals surface area contributed by atoms with Crippen molar-refractivity contribution in [2.45, 2.75) is 33.0 Å². The van der Waals surface area contributed by atoms with Crippen LogP contribution >= 0.6 is 0 Å². The molecule has 0 aliphatic rings. The first kappa shape index (κ1) is 16.0. The van der Waals surface area contributed by atoms with Crippen LogP contribution in [0.1, 0.15) is 41.8 Å². The fourth-order valence-corrected chi connectivity index (χ4v) is 1.94. The summed E-state index contributed by atoms with van der Waals surface area (Å²) in [5.74, 6) is 0.861. The van der Waals surface area contributed by atoms with Gasteiger partial charge in [0.1, 0.15) is 11.5 Å². The van der Waals surface area contributed by atoms with Gasteiger partial charge < -0.3 is 19.7 Å². The van der Waals surface area contributed by atoms with Crippen LogP contribution in [0, 0.1) is 6.92 Å². The quantitative estimate of drug-likeness (QED) is 0.855. The number of ether oxygens (including phenoxy) is 1. The first-order valence-electron chi connectivity index (χ1n) is 7.12. The third-order valence-electron chi connectivity index (χ3n) is 2.93. The Balaban J connectivity index is 1.94. The number of aromatic nitrogens is 1. The van der Waals surface area contributed by atoms with Crippen molar-refractivity contribution in [3.8, 4) is 5.75 Å². The monoisotopic (exact) mass is 304 g/mol. The molecule has 1 heterocycles. The van der Waals surface area contributed by atoms with Crippen LogP contribution in [0.25, 0.3) is 0 Å². The van der Waals surface area contributed by atoms with Gasteiger partial charge in [-0.3, -0.25) is 4.79 Å². The maximum absolute atomic E-state index is 11.8. The summed E-state index contributed by atoms with van der Waals surface area (Å²) >= 11 is 0. The molecular formula is C16H20N2O4. The average Bonchev–Trinajstić information content (AvgIpc) is 2.90. The number of nitrogens with one attached hydrogen (secondary N) is 1. The van der Waals surface area contributed by atoms with Crippen LogP contribution in [-0.2, 0) is 0 Å². The summed E-state index contributed by atoms with van der Waals surface area (Å²) in [5, 5.41) is 16.4. The number of benzene rings is 1. The lowest BCUT2D eigenvalue weighted by Gasteiger charge is -2.14. The Morgan fingerprint density at radius 3 is 2.82 bits per heavy atom. The van der Waals surface area contributed by atoms with Gasteiger partial charge in [-0.05, 0) is 38.5 Å². The molecule has 0 aliphatic heterocycles. The van der Waals surface area contributed by atoms with E-state index >= 15 is 0 Å². The summed E-state index contributed by atoms with van der Waals surface area (Å²) < 4.78 is 10.4. The fourth-order valence-electron chi connectivity index (χ4n) is 1.94. The van der Waals surface area contributed by atoms with Crippen LogP contribution in [0.5, 0.6) is 5.75 Å². The summed E-state index contributed by atoms with van der Waals surface area (Å²) in [5.41, 5.74) is 0.872. The zero-order valence-electron chi connectivity index (χ0n) is 12.9. The molecule has 0 bridgehead atoms. The standard InChI is InChI=1S/C16H20N2O4/c1-10(2)21-13-6-4-5-12(8-13)15(19)9-17-16(20)14-7-11(3)22-18-14/h4-8,10,15,19H,9H2,1-3H3,(H,17,20). The van der Waals surface area contributed by atoms with Crippen molar-refractivity contribution in [2.24, 2.45) is 0 Å². The first-order chi connectivity index (χ1) is 10.5. The number of aryl methyl sites for hydroxylation is 1. The van der Waals surface area contributed by atoms with Gasteiger partial charge in [0.15, 0.2) is 5.69 Å². The normalized spacial score (nSPS) is 12.2. The summed E-state index contributed by atoms with van der Waals surface area (Å²) in [4.78, 5) is 11.8. The van der Waals surface area contributed by atoms with E-state index < -0.39 is 6.10 Å². The van der Waals surface area contributed by atoms with Crippen LogP contribution in [0.4, 0.5) is 0 Å². The van der Waals surface area contributed by atoms with E-state index in [1.165, 1.54) is 0 Å². The minimum atomic E-state index is -0.826. The highest BCUT2D eigenvalue weighted by Crippen LogP contribution is 2.20. The van der Waals surface area contributed by atoms with Crippen molar-refractivity contribution >= 4 is 5.91 Å². The molecule has 0 fully saturated rings. The Morgan fingerprint density at radius 2 is 2.18 bits per heavy atom. The zero-order chi connectivity index (χ0) is 16.1. The molecular weight excluding hydrogens is 284 g/mol. The number of carbonyl (C=O) groups excluding carboxylic acids is 1. The Labute approximate surface area is 129 Å². The van der Waals surface area contributed by atoms with E-state index in [9.17, 15) is 9.90 Å². The maximum atomic E-state index is 11.8. The summed E-state index contributed by atoms with van der Waals surface area (Å²) in [6, 6.07) is 8.71. The minimum Gasteiger partial charge on any atom is -0.491 e. The first-order valence-corrected chi connectivity index (χ1v) is 7.12. The molecule has 0 aliphatic carbocycles. The van der Waals surface area contributed by atoms with E-state index in [0.29, 0.717) is 17.1 Å². The number of nitrogens with zero attached hydrogens (tertiary/aromatic N) is 1. The third kappa shape index (κ3) is 4.33. The molecule has 1 aromatic carbocycles. The second-order valence-electron chi connectivity index (χ2n) is 5.29. The van der Waals surface area contributed by atoms with E-state index in [-0.39, 0.29) is 24.2 Å². The molecule has 118 valence electrons. The Morgan fingerprint density at radius 1 is 1.41 bits per heavy atom. The van der Waals surface area contributed by atoms with E-state index in [2.05, 4.69) is 10.5 Å². The molecule has 0 radical (unpaired) electrons. The molecule has 0 saturated heterocycles. The highest BCUT2D eigenvalue weighted by Gasteiger charge is 2.14. The molecule has 1 amide bonds. The molecule has 0 saturated carbocycles. The summed E-state index contributed by atoms with van der Waals surface area (Å²) in [6.07, 6.45) is -0.768. The number of carbonyl (C=O) groups is 1.